The van der Waals surface area contributed by atoms with Gasteiger partial charge in [-0.25, -0.2) is 9.48 Å². The van der Waals surface area contributed by atoms with Gasteiger partial charge in [-0.1, -0.05) is 18.2 Å². The van der Waals surface area contributed by atoms with Crippen LogP contribution >= 0.6 is 0 Å². The Bertz CT molecular complexity index is 993. The van der Waals surface area contributed by atoms with E-state index in [1.54, 1.807) is 19.2 Å². The molecule has 1 saturated heterocycles. The third kappa shape index (κ3) is 5.17. The van der Waals surface area contributed by atoms with Crippen molar-refractivity contribution in [2.75, 3.05) is 13.1 Å². The molecule has 1 aliphatic rings. The molecule has 162 valence electrons. The van der Waals surface area contributed by atoms with Crippen LogP contribution in [-0.4, -0.2) is 51.4 Å². The summed E-state index contributed by atoms with van der Waals surface area (Å²) in [5.41, 5.74) is -0.163. The highest BCUT2D eigenvalue weighted by atomic mass is 16.6. The Morgan fingerprint density at radius 1 is 1.20 bits per heavy atom. The zero-order valence-electron chi connectivity index (χ0n) is 18.1. The van der Waals surface area contributed by atoms with Gasteiger partial charge in [0.15, 0.2) is 0 Å². The molecule has 1 aromatic heterocycles. The lowest BCUT2D eigenvalue weighted by Crippen LogP contribution is -2.50. The fourth-order valence-electron chi connectivity index (χ4n) is 3.81. The molecule has 1 unspecified atom stereocenters. The summed E-state index contributed by atoms with van der Waals surface area (Å²) in [6.07, 6.45) is 2.38. The molecule has 0 radical (unpaired) electrons. The molecular formula is C22H30N4O4. The predicted molar refractivity (Wildman–Crippen MR) is 114 cm³/mol. The van der Waals surface area contributed by atoms with Gasteiger partial charge >= 0.3 is 6.09 Å². The smallest absolute Gasteiger partial charge is 0.407 e. The van der Waals surface area contributed by atoms with Crippen molar-refractivity contribution < 1.29 is 14.3 Å². The number of ether oxygens (including phenoxy) is 1. The van der Waals surface area contributed by atoms with E-state index in [-0.39, 0.29) is 23.9 Å². The van der Waals surface area contributed by atoms with E-state index in [9.17, 15) is 14.4 Å². The Hall–Kier alpha value is -2.90. The first-order chi connectivity index (χ1) is 14.2. The lowest BCUT2D eigenvalue weighted by molar-refractivity contribution is -0.134. The van der Waals surface area contributed by atoms with Crippen LogP contribution in [0.1, 0.15) is 45.7 Å². The molecule has 0 spiro atoms. The highest BCUT2D eigenvalue weighted by Crippen LogP contribution is 2.20. The van der Waals surface area contributed by atoms with Crippen LogP contribution in [0.25, 0.3) is 10.8 Å². The van der Waals surface area contributed by atoms with Crippen LogP contribution in [0.4, 0.5) is 4.79 Å². The largest absolute Gasteiger partial charge is 0.444 e. The molecule has 2 amide bonds. The van der Waals surface area contributed by atoms with E-state index in [0.29, 0.717) is 29.6 Å². The summed E-state index contributed by atoms with van der Waals surface area (Å²) in [6, 6.07) is 7.13. The maximum absolute atomic E-state index is 13.1. The number of nitrogens with one attached hydrogen (secondary N) is 1. The van der Waals surface area contributed by atoms with Crippen molar-refractivity contribution in [3.8, 4) is 0 Å². The van der Waals surface area contributed by atoms with Gasteiger partial charge in [0.25, 0.3) is 5.56 Å². The average molecular weight is 415 g/mol. The van der Waals surface area contributed by atoms with Crippen molar-refractivity contribution in [2.24, 2.45) is 7.05 Å². The van der Waals surface area contributed by atoms with E-state index in [4.69, 9.17) is 4.74 Å². The minimum Gasteiger partial charge on any atom is -0.444 e. The van der Waals surface area contributed by atoms with Crippen molar-refractivity contribution in [2.45, 2.75) is 58.1 Å². The normalized spacial score (nSPS) is 17.1. The van der Waals surface area contributed by atoms with Crippen LogP contribution in [0.3, 0.4) is 0 Å². The first-order valence-corrected chi connectivity index (χ1v) is 10.4. The van der Waals surface area contributed by atoms with Crippen molar-refractivity contribution in [1.82, 2.24) is 20.0 Å². The Kier molecular flexibility index (Phi) is 6.43. The Morgan fingerprint density at radius 3 is 2.60 bits per heavy atom. The Labute approximate surface area is 176 Å². The average Bonchev–Trinajstić information content (AvgIpc) is 2.69. The van der Waals surface area contributed by atoms with Gasteiger partial charge in [0.1, 0.15) is 5.60 Å². The quantitative estimate of drug-likeness (QED) is 0.829. The van der Waals surface area contributed by atoms with Gasteiger partial charge in [0.05, 0.1) is 17.5 Å². The zero-order chi connectivity index (χ0) is 21.9. The summed E-state index contributed by atoms with van der Waals surface area (Å²) < 4.78 is 6.58. The molecule has 1 N–H and O–H groups in total. The molecule has 2 heterocycles. The Balaban J connectivity index is 1.74. The third-order valence-electron chi connectivity index (χ3n) is 5.18. The molecule has 0 aliphatic carbocycles. The predicted octanol–water partition coefficient (Wildman–Crippen LogP) is 2.38. The summed E-state index contributed by atoms with van der Waals surface area (Å²) in [5, 5.41) is 8.39. The second-order valence-corrected chi connectivity index (χ2v) is 8.72. The molecule has 0 bridgehead atoms. The number of carbonyl (C=O) groups excluding carboxylic acids is 2. The molecule has 1 fully saturated rings. The molecule has 8 nitrogen and oxygen atoms in total. The summed E-state index contributed by atoms with van der Waals surface area (Å²) in [5.74, 6) is -0.0537. The number of alkyl carbamates (subject to hydrolysis) is 1. The summed E-state index contributed by atoms with van der Waals surface area (Å²) >= 11 is 0. The Morgan fingerprint density at radius 2 is 1.90 bits per heavy atom. The number of likely N-dealkylation sites (tertiary alicyclic amines) is 1. The molecule has 0 saturated carbocycles. The van der Waals surface area contributed by atoms with Gasteiger partial charge < -0.3 is 15.0 Å². The highest BCUT2D eigenvalue weighted by molar-refractivity contribution is 5.88. The maximum Gasteiger partial charge on any atom is 0.407 e. The molecule has 1 aromatic carbocycles. The monoisotopic (exact) mass is 414 g/mol. The lowest BCUT2D eigenvalue weighted by Gasteiger charge is -2.36. The van der Waals surface area contributed by atoms with Gasteiger partial charge in [0.2, 0.25) is 5.91 Å². The number of piperidine rings is 1. The van der Waals surface area contributed by atoms with E-state index < -0.39 is 11.7 Å². The molecule has 1 aliphatic heterocycles. The number of benzene rings is 1. The van der Waals surface area contributed by atoms with Crippen molar-refractivity contribution in [3.05, 3.63) is 40.3 Å². The molecule has 30 heavy (non-hydrogen) atoms. The third-order valence-corrected chi connectivity index (χ3v) is 5.18. The highest BCUT2D eigenvalue weighted by Gasteiger charge is 2.28. The topological polar surface area (TPSA) is 93.5 Å². The zero-order valence-corrected chi connectivity index (χ0v) is 18.1. The number of hydrogen-bond acceptors (Lipinski definition) is 5. The van der Waals surface area contributed by atoms with Gasteiger partial charge in [0, 0.05) is 31.6 Å². The fourth-order valence-corrected chi connectivity index (χ4v) is 3.81. The van der Waals surface area contributed by atoms with Crippen LogP contribution in [-0.2, 0) is 23.0 Å². The SMILES string of the molecule is Cn1nc(CC(=O)N2CCCCC2CNC(=O)OC(C)(C)C)c2ccccc2c1=O. The number of aromatic nitrogens is 2. The molecule has 3 rings (SSSR count). The number of hydrogen-bond donors (Lipinski definition) is 1. The maximum atomic E-state index is 13.1. The number of amides is 2. The summed E-state index contributed by atoms with van der Waals surface area (Å²) in [7, 11) is 1.59. The minimum absolute atomic E-state index is 0.0537. The standard InChI is InChI=1S/C22H30N4O4/c1-22(2,3)30-21(29)23-14-15-9-7-8-12-26(15)19(27)13-18-16-10-5-6-11-17(16)20(28)25(4)24-18/h5-6,10-11,15H,7-9,12-14H2,1-4H3,(H,23,29). The van der Waals surface area contributed by atoms with Crippen molar-refractivity contribution in [3.63, 3.8) is 0 Å². The van der Waals surface area contributed by atoms with Crippen LogP contribution < -0.4 is 10.9 Å². The van der Waals surface area contributed by atoms with Crippen molar-refractivity contribution in [1.29, 1.82) is 0 Å². The van der Waals surface area contributed by atoms with E-state index in [2.05, 4.69) is 10.4 Å². The second kappa shape index (κ2) is 8.85. The van der Waals surface area contributed by atoms with Crippen LogP contribution in [0.5, 0.6) is 0 Å². The second-order valence-electron chi connectivity index (χ2n) is 8.72. The van der Waals surface area contributed by atoms with Crippen LogP contribution in [0.15, 0.2) is 29.1 Å². The van der Waals surface area contributed by atoms with Gasteiger partial charge in [-0.15, -0.1) is 0 Å². The molecular weight excluding hydrogens is 384 g/mol. The fraction of sp³-hybridized carbons (Fsp3) is 0.545. The first kappa shape index (κ1) is 21.8. The van der Waals surface area contributed by atoms with Gasteiger partial charge in [-0.05, 0) is 46.1 Å². The minimum atomic E-state index is -0.567. The van der Waals surface area contributed by atoms with E-state index in [0.717, 1.165) is 19.3 Å². The van der Waals surface area contributed by atoms with Gasteiger partial charge in [-0.3, -0.25) is 9.59 Å². The van der Waals surface area contributed by atoms with E-state index in [1.165, 1.54) is 4.68 Å². The number of rotatable bonds is 4. The van der Waals surface area contributed by atoms with E-state index >= 15 is 0 Å². The number of fused-ring (bicyclic) bond motifs is 1. The number of aryl methyl sites for hydroxylation is 1. The first-order valence-electron chi connectivity index (χ1n) is 10.4. The summed E-state index contributed by atoms with van der Waals surface area (Å²) in [4.78, 5) is 39.3. The van der Waals surface area contributed by atoms with E-state index in [1.807, 2.05) is 37.8 Å². The lowest BCUT2D eigenvalue weighted by atomic mass is 10.0. The number of carbonyl (C=O) groups is 2. The molecule has 8 heteroatoms. The van der Waals surface area contributed by atoms with Crippen LogP contribution in [0, 0.1) is 0 Å². The molecule has 2 aromatic rings. The number of nitrogens with zero attached hydrogens (tertiary/aromatic N) is 3. The van der Waals surface area contributed by atoms with Crippen molar-refractivity contribution >= 4 is 22.8 Å². The molecule has 1 atom stereocenters. The van der Waals surface area contributed by atoms with Gasteiger partial charge in [-0.2, -0.15) is 5.10 Å². The summed E-state index contributed by atoms with van der Waals surface area (Å²) in [6.45, 7) is 6.43. The van der Waals surface area contributed by atoms with Crippen LogP contribution in [0.2, 0.25) is 0 Å².